The maximum absolute atomic E-state index is 12.4. The monoisotopic (exact) mass is 449 g/mol. The minimum absolute atomic E-state index is 0.0312. The number of esters is 1. The van der Waals surface area contributed by atoms with Gasteiger partial charge in [0.1, 0.15) is 17.3 Å². The number of nitrogens with zero attached hydrogens (tertiary/aromatic N) is 1. The first-order chi connectivity index (χ1) is 15.1. The molecule has 0 saturated carbocycles. The molecule has 2 aromatic carbocycles. The van der Waals surface area contributed by atoms with Crippen LogP contribution < -0.4 is 0 Å². The predicted octanol–water partition coefficient (Wildman–Crippen LogP) is 6.79. The molecular weight excluding hydrogens is 430 g/mol. The molecule has 6 nitrogen and oxygen atoms in total. The number of benzene rings is 2. The fourth-order valence-corrected chi connectivity index (χ4v) is 3.52. The molecule has 0 atom stereocenters. The average Bonchev–Trinajstić information content (AvgIpc) is 3.35. The van der Waals surface area contributed by atoms with Gasteiger partial charge in [0, 0.05) is 23.3 Å². The van der Waals surface area contributed by atoms with Crippen molar-refractivity contribution in [3.8, 4) is 11.3 Å². The lowest BCUT2D eigenvalue weighted by molar-refractivity contribution is -0.384. The zero-order valence-electron chi connectivity index (χ0n) is 17.7. The second kappa shape index (κ2) is 8.13. The van der Waals surface area contributed by atoms with Crippen molar-refractivity contribution in [3.63, 3.8) is 0 Å². The normalized spacial score (nSPS) is 15.1. The summed E-state index contributed by atoms with van der Waals surface area (Å²) in [5, 5.41) is 11.4. The lowest BCUT2D eigenvalue weighted by Crippen LogP contribution is -2.10. The lowest BCUT2D eigenvalue weighted by atomic mass is 9.86. The SMILES string of the molecule is CC(C)(C)c1ccc(C2=C/C(=C/c3ccc(-c4cc([N+](=O)[O-])ccc4Cl)o3)C(=O)O2)cc1. The summed E-state index contributed by atoms with van der Waals surface area (Å²) in [5.41, 5.74) is 2.66. The van der Waals surface area contributed by atoms with E-state index in [1.165, 1.54) is 23.8 Å². The summed E-state index contributed by atoms with van der Waals surface area (Å²) in [7, 11) is 0. The van der Waals surface area contributed by atoms with Crippen molar-refractivity contribution in [3.05, 3.63) is 98.3 Å². The van der Waals surface area contributed by atoms with E-state index in [1.807, 2.05) is 24.3 Å². The molecule has 0 unspecified atom stereocenters. The summed E-state index contributed by atoms with van der Waals surface area (Å²) < 4.78 is 11.2. The molecule has 0 aliphatic carbocycles. The molecule has 32 heavy (non-hydrogen) atoms. The molecule has 4 rings (SSSR count). The summed E-state index contributed by atoms with van der Waals surface area (Å²) in [4.78, 5) is 22.9. The average molecular weight is 450 g/mol. The van der Waals surface area contributed by atoms with Crippen molar-refractivity contribution in [1.29, 1.82) is 0 Å². The number of hydrogen-bond donors (Lipinski definition) is 0. The van der Waals surface area contributed by atoms with Crippen LogP contribution in [0.25, 0.3) is 23.2 Å². The Balaban J connectivity index is 1.61. The van der Waals surface area contributed by atoms with Gasteiger partial charge >= 0.3 is 5.97 Å². The molecule has 1 aromatic heterocycles. The number of nitro benzene ring substituents is 1. The maximum Gasteiger partial charge on any atom is 0.343 e. The minimum atomic E-state index is -0.499. The zero-order chi connectivity index (χ0) is 23.0. The number of hydrogen-bond acceptors (Lipinski definition) is 5. The van der Waals surface area contributed by atoms with Gasteiger partial charge < -0.3 is 9.15 Å². The zero-order valence-corrected chi connectivity index (χ0v) is 18.5. The molecule has 0 bridgehead atoms. The lowest BCUT2D eigenvalue weighted by Gasteiger charge is -2.19. The third-order valence-electron chi connectivity index (χ3n) is 5.11. The molecule has 0 N–H and O–H groups in total. The van der Waals surface area contributed by atoms with E-state index in [9.17, 15) is 14.9 Å². The largest absolute Gasteiger partial charge is 0.457 e. The van der Waals surface area contributed by atoms with Crippen LogP contribution >= 0.6 is 11.6 Å². The Morgan fingerprint density at radius 3 is 2.41 bits per heavy atom. The molecule has 7 heteroatoms. The predicted molar refractivity (Wildman–Crippen MR) is 123 cm³/mol. The smallest absolute Gasteiger partial charge is 0.343 e. The quantitative estimate of drug-likeness (QED) is 0.189. The van der Waals surface area contributed by atoms with Crippen LogP contribution in [0.3, 0.4) is 0 Å². The number of furan rings is 1. The summed E-state index contributed by atoms with van der Waals surface area (Å²) in [6.07, 6.45) is 3.23. The number of nitro groups is 1. The molecule has 0 radical (unpaired) electrons. The van der Waals surface area contributed by atoms with Crippen LogP contribution in [-0.4, -0.2) is 10.9 Å². The van der Waals surface area contributed by atoms with E-state index in [0.717, 1.165) is 5.56 Å². The van der Waals surface area contributed by atoms with E-state index in [0.29, 0.717) is 33.4 Å². The van der Waals surface area contributed by atoms with Crippen LogP contribution in [0, 0.1) is 10.1 Å². The molecule has 0 spiro atoms. The second-order valence-corrected chi connectivity index (χ2v) is 8.86. The third kappa shape index (κ3) is 4.36. The molecule has 162 valence electrons. The highest BCUT2D eigenvalue weighted by Gasteiger charge is 2.23. The standard InChI is InChI=1S/C25H20ClNO5/c1-25(2,3)17-6-4-15(5-7-17)23-13-16(24(28)32-23)12-19-9-11-22(31-19)20-14-18(27(29)30)8-10-21(20)26/h4-14H,1-3H3/b16-12-. The highest BCUT2D eigenvalue weighted by Crippen LogP contribution is 2.34. The maximum atomic E-state index is 12.4. The van der Waals surface area contributed by atoms with E-state index in [-0.39, 0.29) is 11.1 Å². The van der Waals surface area contributed by atoms with E-state index in [1.54, 1.807) is 24.3 Å². The fourth-order valence-electron chi connectivity index (χ4n) is 3.31. The van der Waals surface area contributed by atoms with Crippen molar-refractivity contribution >= 4 is 35.1 Å². The number of cyclic esters (lactones) is 1. The van der Waals surface area contributed by atoms with E-state index < -0.39 is 10.9 Å². The van der Waals surface area contributed by atoms with Crippen LogP contribution in [0.1, 0.15) is 37.7 Å². The third-order valence-corrected chi connectivity index (χ3v) is 5.44. The minimum Gasteiger partial charge on any atom is -0.457 e. The summed E-state index contributed by atoms with van der Waals surface area (Å²) in [5.74, 6) is 0.746. The Kier molecular flexibility index (Phi) is 5.48. The molecule has 2 heterocycles. The summed E-state index contributed by atoms with van der Waals surface area (Å²) >= 11 is 6.18. The van der Waals surface area contributed by atoms with Crippen molar-refractivity contribution in [1.82, 2.24) is 0 Å². The molecule has 0 saturated heterocycles. The van der Waals surface area contributed by atoms with Gasteiger partial charge in [0.05, 0.1) is 15.5 Å². The topological polar surface area (TPSA) is 82.6 Å². The van der Waals surface area contributed by atoms with Crippen LogP contribution in [0.5, 0.6) is 0 Å². The number of ether oxygens (including phenoxy) is 1. The Bertz CT molecular complexity index is 1280. The van der Waals surface area contributed by atoms with Crippen LogP contribution in [0.15, 0.2) is 70.7 Å². The van der Waals surface area contributed by atoms with Crippen LogP contribution in [-0.2, 0) is 14.9 Å². The highest BCUT2D eigenvalue weighted by molar-refractivity contribution is 6.33. The fraction of sp³-hybridized carbons (Fsp3) is 0.160. The first-order valence-electron chi connectivity index (χ1n) is 9.92. The first-order valence-corrected chi connectivity index (χ1v) is 10.3. The summed E-state index contributed by atoms with van der Waals surface area (Å²) in [6, 6.07) is 15.3. The van der Waals surface area contributed by atoms with Gasteiger partial charge in [0.15, 0.2) is 0 Å². The Labute approximate surface area is 189 Å². The van der Waals surface area contributed by atoms with Crippen molar-refractivity contribution in [2.75, 3.05) is 0 Å². The Morgan fingerprint density at radius 2 is 1.75 bits per heavy atom. The molecule has 1 aliphatic heterocycles. The number of halogens is 1. The van der Waals surface area contributed by atoms with Gasteiger partial charge in [0.25, 0.3) is 5.69 Å². The van der Waals surface area contributed by atoms with Crippen molar-refractivity contribution < 1.29 is 18.9 Å². The summed E-state index contributed by atoms with van der Waals surface area (Å²) in [6.45, 7) is 6.41. The van der Waals surface area contributed by atoms with E-state index in [2.05, 4.69) is 20.8 Å². The van der Waals surface area contributed by atoms with Gasteiger partial charge in [-0.25, -0.2) is 4.79 Å². The molecule has 0 fully saturated rings. The van der Waals surface area contributed by atoms with Gasteiger partial charge in [-0.1, -0.05) is 56.6 Å². The highest BCUT2D eigenvalue weighted by atomic mass is 35.5. The number of carbonyl (C=O) groups is 1. The molecule has 3 aromatic rings. The Morgan fingerprint density at radius 1 is 1.03 bits per heavy atom. The number of carbonyl (C=O) groups excluding carboxylic acids is 1. The number of rotatable bonds is 4. The van der Waals surface area contributed by atoms with Crippen LogP contribution in [0.2, 0.25) is 5.02 Å². The van der Waals surface area contributed by atoms with Gasteiger partial charge in [-0.2, -0.15) is 0 Å². The van der Waals surface area contributed by atoms with Gasteiger partial charge in [-0.15, -0.1) is 0 Å². The van der Waals surface area contributed by atoms with Gasteiger partial charge in [-0.3, -0.25) is 10.1 Å². The Hall–Kier alpha value is -3.64. The van der Waals surface area contributed by atoms with E-state index in [4.69, 9.17) is 20.8 Å². The molecule has 0 amide bonds. The van der Waals surface area contributed by atoms with Crippen molar-refractivity contribution in [2.24, 2.45) is 0 Å². The molecular formula is C25H20ClNO5. The van der Waals surface area contributed by atoms with Gasteiger partial charge in [-0.05, 0) is 41.3 Å². The van der Waals surface area contributed by atoms with E-state index >= 15 is 0 Å². The molecule has 1 aliphatic rings. The second-order valence-electron chi connectivity index (χ2n) is 8.45. The van der Waals surface area contributed by atoms with Gasteiger partial charge in [0.2, 0.25) is 0 Å². The number of non-ortho nitro benzene ring substituents is 1. The van der Waals surface area contributed by atoms with Crippen molar-refractivity contribution in [2.45, 2.75) is 26.2 Å². The first kappa shape index (κ1) is 21.6. The van der Waals surface area contributed by atoms with Crippen LogP contribution in [0.4, 0.5) is 5.69 Å².